The van der Waals surface area contributed by atoms with E-state index >= 15 is 0 Å². The van der Waals surface area contributed by atoms with E-state index in [1.165, 1.54) is 55.2 Å². The molecule has 161 valence electrons. The highest BCUT2D eigenvalue weighted by molar-refractivity contribution is 5.30. The Morgan fingerprint density at radius 2 is 1.42 bits per heavy atom. The van der Waals surface area contributed by atoms with Gasteiger partial charge < -0.3 is 4.74 Å². The number of ether oxygens (including phenoxy) is 1. The molecule has 1 fully saturated rings. The van der Waals surface area contributed by atoms with Gasteiger partial charge in [0.1, 0.15) is 12.4 Å². The van der Waals surface area contributed by atoms with Crippen molar-refractivity contribution in [3.8, 4) is 5.75 Å². The van der Waals surface area contributed by atoms with Crippen LogP contribution >= 0.6 is 0 Å². The molecule has 1 unspecified atom stereocenters. The number of hydrogen-bond acceptors (Lipinski definition) is 1. The summed E-state index contributed by atoms with van der Waals surface area (Å²) in [7, 11) is 0. The van der Waals surface area contributed by atoms with Gasteiger partial charge in [0.25, 0.3) is 0 Å². The topological polar surface area (TPSA) is 9.23 Å². The van der Waals surface area contributed by atoms with Crippen LogP contribution in [0, 0.1) is 12.8 Å². The summed E-state index contributed by atoms with van der Waals surface area (Å²) in [5.74, 6) is 3.16. The molecule has 1 saturated carbocycles. The molecule has 0 aromatic heterocycles. The van der Waals surface area contributed by atoms with E-state index in [4.69, 9.17) is 4.74 Å². The Bertz CT molecular complexity index is 877. The van der Waals surface area contributed by atoms with E-state index in [1.807, 2.05) is 6.07 Å². The molecule has 1 nitrogen and oxygen atoms in total. The first kappa shape index (κ1) is 21.7. The summed E-state index contributed by atoms with van der Waals surface area (Å²) in [6, 6.07) is 30.1. The van der Waals surface area contributed by atoms with Crippen molar-refractivity contribution in [2.75, 3.05) is 0 Å². The van der Waals surface area contributed by atoms with Crippen LogP contribution in [0.15, 0.2) is 84.9 Å². The maximum absolute atomic E-state index is 5.95. The summed E-state index contributed by atoms with van der Waals surface area (Å²) in [6.45, 7) is 4.83. The van der Waals surface area contributed by atoms with Gasteiger partial charge in [-0.2, -0.15) is 0 Å². The minimum absolute atomic E-state index is 0.613. The molecule has 4 rings (SSSR count). The van der Waals surface area contributed by atoms with Crippen molar-refractivity contribution in [2.24, 2.45) is 5.92 Å². The molecule has 3 aromatic carbocycles. The van der Waals surface area contributed by atoms with Gasteiger partial charge in [0, 0.05) is 0 Å². The molecule has 0 aliphatic heterocycles. The van der Waals surface area contributed by atoms with Gasteiger partial charge >= 0.3 is 0 Å². The lowest BCUT2D eigenvalue weighted by Crippen LogP contribution is -2.14. The predicted molar refractivity (Wildman–Crippen MR) is 130 cm³/mol. The zero-order valence-electron chi connectivity index (χ0n) is 18.6. The summed E-state index contributed by atoms with van der Waals surface area (Å²) < 4.78 is 5.95. The molecule has 1 aliphatic rings. The van der Waals surface area contributed by atoms with Crippen LogP contribution in [0.4, 0.5) is 0 Å². The zero-order valence-corrected chi connectivity index (χ0v) is 18.6. The Kier molecular flexibility index (Phi) is 7.82. The van der Waals surface area contributed by atoms with Crippen molar-refractivity contribution in [2.45, 2.75) is 63.4 Å². The van der Waals surface area contributed by atoms with E-state index < -0.39 is 0 Å². The fourth-order valence-electron chi connectivity index (χ4n) is 5.00. The largest absolute Gasteiger partial charge is 0.489 e. The van der Waals surface area contributed by atoms with Crippen LogP contribution in [0.1, 0.15) is 73.5 Å². The SMILES string of the molecule is [CH2]CC(CCC1CCC(c2ccc(OCc3ccccc3)cc2)CC1)c1ccccc1. The zero-order chi connectivity index (χ0) is 21.3. The molecule has 0 amide bonds. The highest BCUT2D eigenvalue weighted by Crippen LogP contribution is 2.39. The maximum Gasteiger partial charge on any atom is 0.119 e. The smallest absolute Gasteiger partial charge is 0.119 e. The second-order valence-electron chi connectivity index (χ2n) is 9.03. The van der Waals surface area contributed by atoms with Crippen LogP contribution in [-0.2, 0) is 6.61 Å². The van der Waals surface area contributed by atoms with E-state index in [-0.39, 0.29) is 0 Å². The summed E-state index contributed by atoms with van der Waals surface area (Å²) >= 11 is 0. The third-order valence-electron chi connectivity index (χ3n) is 6.99. The molecule has 0 N–H and O–H groups in total. The Labute approximate surface area is 188 Å². The van der Waals surface area contributed by atoms with Crippen molar-refractivity contribution >= 4 is 0 Å². The van der Waals surface area contributed by atoms with Crippen LogP contribution in [-0.4, -0.2) is 0 Å². The van der Waals surface area contributed by atoms with Gasteiger partial charge in [0.05, 0.1) is 0 Å². The fourth-order valence-corrected chi connectivity index (χ4v) is 5.00. The van der Waals surface area contributed by atoms with Gasteiger partial charge in [-0.15, -0.1) is 0 Å². The molecular formula is C30H35O. The molecule has 1 atom stereocenters. The van der Waals surface area contributed by atoms with Crippen LogP contribution in [0.5, 0.6) is 5.75 Å². The Hall–Kier alpha value is -2.54. The highest BCUT2D eigenvalue weighted by Gasteiger charge is 2.23. The molecule has 0 heterocycles. The van der Waals surface area contributed by atoms with Gasteiger partial charge in [0.2, 0.25) is 0 Å². The summed E-state index contributed by atoms with van der Waals surface area (Å²) in [6.07, 6.45) is 8.96. The first-order valence-corrected chi connectivity index (χ1v) is 11.9. The van der Waals surface area contributed by atoms with Crippen molar-refractivity contribution in [3.63, 3.8) is 0 Å². The minimum Gasteiger partial charge on any atom is -0.489 e. The van der Waals surface area contributed by atoms with E-state index in [9.17, 15) is 0 Å². The predicted octanol–water partition coefficient (Wildman–Crippen LogP) is 8.33. The van der Waals surface area contributed by atoms with Crippen molar-refractivity contribution < 1.29 is 4.74 Å². The summed E-state index contributed by atoms with van der Waals surface area (Å²) in [4.78, 5) is 0. The third-order valence-corrected chi connectivity index (χ3v) is 6.99. The van der Waals surface area contributed by atoms with E-state index in [1.54, 1.807) is 0 Å². The van der Waals surface area contributed by atoms with Gasteiger partial charge in [0.15, 0.2) is 0 Å². The molecule has 1 radical (unpaired) electrons. The van der Waals surface area contributed by atoms with Crippen LogP contribution in [0.25, 0.3) is 0 Å². The summed E-state index contributed by atoms with van der Waals surface area (Å²) in [5, 5.41) is 0. The Balaban J connectivity index is 1.22. The highest BCUT2D eigenvalue weighted by atomic mass is 16.5. The van der Waals surface area contributed by atoms with Gasteiger partial charge in [-0.05, 0) is 91.5 Å². The minimum atomic E-state index is 0.613. The fraction of sp³-hybridized carbons (Fsp3) is 0.367. The van der Waals surface area contributed by atoms with E-state index in [2.05, 4.69) is 85.8 Å². The third kappa shape index (κ3) is 6.23. The molecule has 0 bridgehead atoms. The summed E-state index contributed by atoms with van der Waals surface area (Å²) in [5.41, 5.74) is 4.14. The van der Waals surface area contributed by atoms with Crippen LogP contribution in [0.2, 0.25) is 0 Å². The molecule has 1 aliphatic carbocycles. The molecule has 31 heavy (non-hydrogen) atoms. The average molecular weight is 412 g/mol. The first-order chi connectivity index (χ1) is 15.3. The average Bonchev–Trinajstić information content (AvgIpc) is 2.85. The number of benzene rings is 3. The molecule has 0 saturated heterocycles. The quantitative estimate of drug-likeness (QED) is 0.344. The normalized spacial score (nSPS) is 19.6. The second kappa shape index (κ2) is 11.2. The van der Waals surface area contributed by atoms with E-state index in [0.29, 0.717) is 18.4 Å². The number of rotatable bonds is 9. The Morgan fingerprint density at radius 1 is 0.774 bits per heavy atom. The monoisotopic (exact) mass is 411 g/mol. The van der Waals surface area contributed by atoms with Gasteiger partial charge in [-0.3, -0.25) is 0 Å². The molecule has 1 heteroatoms. The lowest BCUT2D eigenvalue weighted by atomic mass is 9.76. The van der Waals surface area contributed by atoms with Crippen LogP contribution in [0.3, 0.4) is 0 Å². The molecule has 0 spiro atoms. The van der Waals surface area contributed by atoms with Crippen LogP contribution < -0.4 is 4.74 Å². The maximum atomic E-state index is 5.95. The van der Waals surface area contributed by atoms with Crippen molar-refractivity contribution in [1.82, 2.24) is 0 Å². The van der Waals surface area contributed by atoms with Crippen molar-refractivity contribution in [1.29, 1.82) is 0 Å². The Morgan fingerprint density at radius 3 is 2.06 bits per heavy atom. The molecular weight excluding hydrogens is 376 g/mol. The second-order valence-corrected chi connectivity index (χ2v) is 9.03. The lowest BCUT2D eigenvalue weighted by Gasteiger charge is -2.30. The first-order valence-electron chi connectivity index (χ1n) is 11.9. The standard InChI is InChI=1S/C30H35O/c1-2-26(27-11-7-4-8-12-27)16-13-24-14-17-28(18-15-24)29-19-21-30(22-20-29)31-23-25-9-5-3-6-10-25/h3-12,19-22,24,26,28H,1-2,13-18,23H2. The van der Waals surface area contributed by atoms with Crippen molar-refractivity contribution in [3.05, 3.63) is 109 Å². The molecule has 3 aromatic rings. The van der Waals surface area contributed by atoms with E-state index in [0.717, 1.165) is 18.1 Å². The lowest BCUT2D eigenvalue weighted by molar-refractivity contribution is 0.296. The van der Waals surface area contributed by atoms with Gasteiger partial charge in [-0.25, -0.2) is 0 Å². The van der Waals surface area contributed by atoms with Gasteiger partial charge in [-0.1, -0.05) is 79.7 Å². The number of hydrogen-bond donors (Lipinski definition) is 0.